The van der Waals surface area contributed by atoms with E-state index in [1.165, 1.54) is 5.56 Å². The number of benzene rings is 1. The predicted octanol–water partition coefficient (Wildman–Crippen LogP) is 1.67. The van der Waals surface area contributed by atoms with E-state index in [9.17, 15) is 0 Å². The summed E-state index contributed by atoms with van der Waals surface area (Å²) in [5, 5.41) is 2.00. The number of hydrogen-bond acceptors (Lipinski definition) is 3. The average Bonchev–Trinajstić information content (AvgIpc) is 2.61. The molecule has 2 rings (SSSR count). The van der Waals surface area contributed by atoms with Crippen LogP contribution in [0.3, 0.4) is 0 Å². The number of aryl methyl sites for hydroxylation is 1. The summed E-state index contributed by atoms with van der Waals surface area (Å²) < 4.78 is 0. The Kier molecular flexibility index (Phi) is 2.17. The molecule has 0 spiro atoms. The second-order valence-corrected chi connectivity index (χ2v) is 3.14. The van der Waals surface area contributed by atoms with Gasteiger partial charge in [-0.1, -0.05) is 18.2 Å². The molecular formula is C10H13N3. The Morgan fingerprint density at radius 2 is 2.23 bits per heavy atom. The van der Waals surface area contributed by atoms with Crippen LogP contribution in [0.5, 0.6) is 0 Å². The van der Waals surface area contributed by atoms with Gasteiger partial charge in [-0.3, -0.25) is 15.4 Å². The number of hydrazine groups is 1. The van der Waals surface area contributed by atoms with Crippen LogP contribution in [-0.2, 0) is 0 Å². The first-order valence-electron chi connectivity index (χ1n) is 4.45. The molecule has 0 aromatic heterocycles. The van der Waals surface area contributed by atoms with Crippen LogP contribution in [0.15, 0.2) is 29.3 Å². The van der Waals surface area contributed by atoms with Gasteiger partial charge in [0, 0.05) is 0 Å². The van der Waals surface area contributed by atoms with Crippen LogP contribution >= 0.6 is 0 Å². The van der Waals surface area contributed by atoms with Gasteiger partial charge in [0.1, 0.15) is 6.34 Å². The maximum absolute atomic E-state index is 4.13. The number of nitrogens with zero attached hydrogens (tertiary/aromatic N) is 2. The number of para-hydroxylation sites is 1. The van der Waals surface area contributed by atoms with Crippen molar-refractivity contribution in [1.29, 1.82) is 0 Å². The van der Waals surface area contributed by atoms with E-state index in [1.54, 1.807) is 0 Å². The number of aliphatic imine (C=N–C) groups is 1. The zero-order valence-corrected chi connectivity index (χ0v) is 7.70. The molecular weight excluding hydrogens is 162 g/mol. The lowest BCUT2D eigenvalue weighted by Crippen LogP contribution is -2.26. The van der Waals surface area contributed by atoms with Crippen molar-refractivity contribution in [2.45, 2.75) is 6.92 Å². The summed E-state index contributed by atoms with van der Waals surface area (Å²) in [6, 6.07) is 8.23. The van der Waals surface area contributed by atoms with Crippen LogP contribution in [-0.4, -0.2) is 24.4 Å². The van der Waals surface area contributed by atoms with Gasteiger partial charge in [0.05, 0.1) is 18.8 Å². The van der Waals surface area contributed by atoms with E-state index in [-0.39, 0.29) is 0 Å². The van der Waals surface area contributed by atoms with Crippen molar-refractivity contribution in [1.82, 2.24) is 5.01 Å². The highest BCUT2D eigenvalue weighted by Crippen LogP contribution is 2.13. The van der Waals surface area contributed by atoms with Crippen LogP contribution in [0, 0.1) is 6.92 Å². The van der Waals surface area contributed by atoms with Crippen LogP contribution in [0.4, 0.5) is 5.69 Å². The molecule has 0 radical (unpaired) electrons. The molecule has 0 saturated carbocycles. The summed E-state index contributed by atoms with van der Waals surface area (Å²) in [4.78, 5) is 4.13. The number of rotatable bonds is 2. The summed E-state index contributed by atoms with van der Waals surface area (Å²) in [6.45, 7) is 3.93. The van der Waals surface area contributed by atoms with Crippen molar-refractivity contribution >= 4 is 12.0 Å². The highest BCUT2D eigenvalue weighted by molar-refractivity contribution is 5.62. The minimum atomic E-state index is 0.888. The molecule has 1 heterocycles. The third-order valence-corrected chi connectivity index (χ3v) is 2.10. The summed E-state index contributed by atoms with van der Waals surface area (Å²) in [7, 11) is 0. The molecule has 0 amide bonds. The third kappa shape index (κ3) is 1.80. The van der Waals surface area contributed by atoms with Crippen LogP contribution in [0.25, 0.3) is 0 Å². The van der Waals surface area contributed by atoms with Gasteiger partial charge in [-0.05, 0) is 18.6 Å². The lowest BCUT2D eigenvalue weighted by Gasteiger charge is -2.18. The quantitative estimate of drug-likeness (QED) is 0.740. The Balaban J connectivity index is 2.09. The zero-order valence-electron chi connectivity index (χ0n) is 7.70. The van der Waals surface area contributed by atoms with Gasteiger partial charge in [0.25, 0.3) is 0 Å². The maximum Gasteiger partial charge on any atom is 0.104 e. The van der Waals surface area contributed by atoms with Gasteiger partial charge in [0.2, 0.25) is 0 Å². The standard InChI is InChI=1S/C10H13N3/c1-9-4-2-3-5-10(9)12-13-7-6-11-8-13/h2-5,8,12H,6-7H2,1H3. The molecule has 0 unspecified atom stereocenters. The molecule has 1 aromatic rings. The molecule has 0 saturated heterocycles. The molecule has 3 heteroatoms. The molecule has 0 aliphatic carbocycles. The molecule has 0 fully saturated rings. The highest BCUT2D eigenvalue weighted by Gasteiger charge is 2.05. The van der Waals surface area contributed by atoms with Crippen molar-refractivity contribution in [3.63, 3.8) is 0 Å². The third-order valence-electron chi connectivity index (χ3n) is 2.10. The molecule has 13 heavy (non-hydrogen) atoms. The number of hydrogen-bond donors (Lipinski definition) is 1. The van der Waals surface area contributed by atoms with Gasteiger partial charge in [0.15, 0.2) is 0 Å². The first-order valence-corrected chi connectivity index (χ1v) is 4.45. The van der Waals surface area contributed by atoms with E-state index in [4.69, 9.17) is 0 Å². The van der Waals surface area contributed by atoms with Gasteiger partial charge < -0.3 is 0 Å². The molecule has 0 bridgehead atoms. The Morgan fingerprint density at radius 3 is 2.92 bits per heavy atom. The minimum absolute atomic E-state index is 0.888. The Labute approximate surface area is 78.1 Å². The van der Waals surface area contributed by atoms with Gasteiger partial charge >= 0.3 is 0 Å². The topological polar surface area (TPSA) is 27.6 Å². The molecule has 0 atom stereocenters. The molecule has 68 valence electrons. The zero-order chi connectivity index (χ0) is 9.10. The fourth-order valence-corrected chi connectivity index (χ4v) is 1.32. The normalized spacial score (nSPS) is 15.0. The lowest BCUT2D eigenvalue weighted by atomic mass is 10.2. The summed E-state index contributed by atoms with van der Waals surface area (Å²) in [5.41, 5.74) is 5.69. The second-order valence-electron chi connectivity index (χ2n) is 3.14. The minimum Gasteiger partial charge on any atom is -0.297 e. The highest BCUT2D eigenvalue weighted by atomic mass is 15.5. The average molecular weight is 175 g/mol. The lowest BCUT2D eigenvalue weighted by molar-refractivity contribution is 0.557. The summed E-state index contributed by atoms with van der Waals surface area (Å²) in [6.07, 6.45) is 1.84. The monoisotopic (exact) mass is 175 g/mol. The van der Waals surface area contributed by atoms with E-state index in [0.29, 0.717) is 0 Å². The second kappa shape index (κ2) is 3.47. The molecule has 1 N–H and O–H groups in total. The first kappa shape index (κ1) is 8.10. The van der Waals surface area contributed by atoms with Gasteiger partial charge in [-0.15, -0.1) is 0 Å². The van der Waals surface area contributed by atoms with Gasteiger partial charge in [-0.25, -0.2) is 0 Å². The largest absolute Gasteiger partial charge is 0.297 e. The Morgan fingerprint density at radius 1 is 1.38 bits per heavy atom. The van der Waals surface area contributed by atoms with Crippen LogP contribution < -0.4 is 5.43 Å². The van der Waals surface area contributed by atoms with Crippen LogP contribution in [0.1, 0.15) is 5.56 Å². The smallest absolute Gasteiger partial charge is 0.104 e. The first-order chi connectivity index (χ1) is 6.36. The number of nitrogens with one attached hydrogen (secondary N) is 1. The predicted molar refractivity (Wildman–Crippen MR) is 54.9 cm³/mol. The van der Waals surface area contributed by atoms with Crippen molar-refractivity contribution in [3.05, 3.63) is 29.8 Å². The maximum atomic E-state index is 4.13. The summed E-state index contributed by atoms with van der Waals surface area (Å²) >= 11 is 0. The summed E-state index contributed by atoms with van der Waals surface area (Å²) in [5.74, 6) is 0. The fourth-order valence-electron chi connectivity index (χ4n) is 1.32. The Bertz CT molecular complexity index is 320. The van der Waals surface area contributed by atoms with E-state index in [2.05, 4.69) is 29.5 Å². The van der Waals surface area contributed by atoms with E-state index >= 15 is 0 Å². The van der Waals surface area contributed by atoms with Crippen molar-refractivity contribution in [3.8, 4) is 0 Å². The van der Waals surface area contributed by atoms with Crippen molar-refractivity contribution in [2.24, 2.45) is 4.99 Å². The molecule has 1 aromatic carbocycles. The van der Waals surface area contributed by atoms with E-state index < -0.39 is 0 Å². The van der Waals surface area contributed by atoms with Crippen molar-refractivity contribution in [2.75, 3.05) is 18.5 Å². The SMILES string of the molecule is Cc1ccccc1NN1C=NCC1. The molecule has 1 aliphatic heterocycles. The fraction of sp³-hybridized carbons (Fsp3) is 0.300. The molecule has 3 nitrogen and oxygen atoms in total. The van der Waals surface area contributed by atoms with E-state index in [0.717, 1.165) is 18.8 Å². The van der Waals surface area contributed by atoms with E-state index in [1.807, 2.05) is 23.5 Å². The van der Waals surface area contributed by atoms with Crippen LogP contribution in [0.2, 0.25) is 0 Å². The Hall–Kier alpha value is -1.51. The van der Waals surface area contributed by atoms with Gasteiger partial charge in [-0.2, -0.15) is 0 Å². The number of anilines is 1. The molecule has 1 aliphatic rings. The van der Waals surface area contributed by atoms with Crippen molar-refractivity contribution < 1.29 is 0 Å².